The quantitative estimate of drug-likeness (QED) is 0.864. The number of ether oxygens (including phenoxy) is 1. The summed E-state index contributed by atoms with van der Waals surface area (Å²) in [6, 6.07) is 8.81. The van der Waals surface area contributed by atoms with E-state index in [0.29, 0.717) is 5.41 Å². The summed E-state index contributed by atoms with van der Waals surface area (Å²) >= 11 is 0. The summed E-state index contributed by atoms with van der Waals surface area (Å²) in [5, 5.41) is 3.54. The van der Waals surface area contributed by atoms with E-state index in [2.05, 4.69) is 55.4 Å². The van der Waals surface area contributed by atoms with Crippen LogP contribution in [-0.4, -0.2) is 39.9 Å². The van der Waals surface area contributed by atoms with Crippen LogP contribution >= 0.6 is 0 Å². The summed E-state index contributed by atoms with van der Waals surface area (Å²) in [6.07, 6.45) is 2.30. The molecule has 3 heteroatoms. The fourth-order valence-corrected chi connectivity index (χ4v) is 2.98. The zero-order chi connectivity index (χ0) is 14.4. The molecule has 0 aromatic heterocycles. The third kappa shape index (κ3) is 3.97. The van der Waals surface area contributed by atoms with Gasteiger partial charge in [-0.05, 0) is 38.4 Å². The molecule has 3 nitrogen and oxygen atoms in total. The Kier molecular flexibility index (Phi) is 5.44. The van der Waals surface area contributed by atoms with Gasteiger partial charge in [0, 0.05) is 44.5 Å². The highest BCUT2D eigenvalue weighted by molar-refractivity contribution is 5.47. The summed E-state index contributed by atoms with van der Waals surface area (Å²) in [6.45, 7) is 9.32. The minimum atomic E-state index is 0.341. The van der Waals surface area contributed by atoms with Gasteiger partial charge in [0.05, 0.1) is 0 Å². The Bertz CT molecular complexity index is 396. The molecule has 0 atom stereocenters. The van der Waals surface area contributed by atoms with E-state index >= 15 is 0 Å². The van der Waals surface area contributed by atoms with Crippen LogP contribution in [0.4, 0.5) is 5.69 Å². The molecule has 1 saturated heterocycles. The normalized spacial score (nSPS) is 17.9. The number of benzene rings is 1. The third-order valence-corrected chi connectivity index (χ3v) is 4.35. The van der Waals surface area contributed by atoms with Crippen molar-refractivity contribution in [2.24, 2.45) is 5.41 Å². The van der Waals surface area contributed by atoms with Crippen molar-refractivity contribution in [1.29, 1.82) is 0 Å². The van der Waals surface area contributed by atoms with Gasteiger partial charge in [-0.2, -0.15) is 0 Å². The van der Waals surface area contributed by atoms with Crippen LogP contribution in [-0.2, 0) is 4.74 Å². The number of nitrogens with one attached hydrogen (secondary N) is 1. The van der Waals surface area contributed by atoms with E-state index in [1.165, 1.54) is 11.3 Å². The maximum Gasteiger partial charge on any atom is 0.0472 e. The first-order valence-electron chi connectivity index (χ1n) is 7.71. The summed E-state index contributed by atoms with van der Waals surface area (Å²) < 4.78 is 5.56. The number of rotatable bonds is 6. The molecule has 1 aliphatic heterocycles. The Morgan fingerprint density at radius 3 is 2.45 bits per heavy atom. The maximum absolute atomic E-state index is 5.56. The van der Waals surface area contributed by atoms with Gasteiger partial charge in [-0.15, -0.1) is 0 Å². The monoisotopic (exact) mass is 276 g/mol. The molecule has 0 spiro atoms. The molecule has 1 fully saturated rings. The molecule has 1 aromatic rings. The van der Waals surface area contributed by atoms with E-state index in [4.69, 9.17) is 4.74 Å². The van der Waals surface area contributed by atoms with E-state index in [-0.39, 0.29) is 0 Å². The first-order valence-corrected chi connectivity index (χ1v) is 7.71. The fourth-order valence-electron chi connectivity index (χ4n) is 2.98. The minimum absolute atomic E-state index is 0.341. The van der Waals surface area contributed by atoms with Crippen molar-refractivity contribution >= 4 is 5.69 Å². The topological polar surface area (TPSA) is 24.5 Å². The van der Waals surface area contributed by atoms with Gasteiger partial charge in [0.2, 0.25) is 0 Å². The van der Waals surface area contributed by atoms with Crippen LogP contribution < -0.4 is 10.2 Å². The van der Waals surface area contributed by atoms with Crippen molar-refractivity contribution in [3.05, 3.63) is 29.8 Å². The predicted octanol–water partition coefficient (Wildman–Crippen LogP) is 2.84. The zero-order valence-electron chi connectivity index (χ0n) is 13.1. The molecular weight excluding hydrogens is 248 g/mol. The summed E-state index contributed by atoms with van der Waals surface area (Å²) in [4.78, 5) is 2.39. The van der Waals surface area contributed by atoms with E-state index in [1.807, 2.05) is 0 Å². The second kappa shape index (κ2) is 7.09. The molecule has 1 heterocycles. The van der Waals surface area contributed by atoms with Crippen molar-refractivity contribution in [3.63, 3.8) is 0 Å². The van der Waals surface area contributed by atoms with Crippen molar-refractivity contribution in [2.75, 3.05) is 44.8 Å². The second-order valence-corrected chi connectivity index (χ2v) is 6.08. The molecule has 0 unspecified atom stereocenters. The number of hydrogen-bond acceptors (Lipinski definition) is 3. The fraction of sp³-hybridized carbons (Fsp3) is 0.647. The van der Waals surface area contributed by atoms with Crippen LogP contribution in [0.2, 0.25) is 0 Å². The predicted molar refractivity (Wildman–Crippen MR) is 85.5 cm³/mol. The highest BCUT2D eigenvalue weighted by Crippen LogP contribution is 2.32. The Hall–Kier alpha value is -1.06. The zero-order valence-corrected chi connectivity index (χ0v) is 13.1. The smallest absolute Gasteiger partial charge is 0.0472 e. The van der Waals surface area contributed by atoms with Crippen LogP contribution in [0.5, 0.6) is 0 Å². The van der Waals surface area contributed by atoms with Gasteiger partial charge in [-0.1, -0.05) is 24.6 Å². The molecule has 0 bridgehead atoms. The van der Waals surface area contributed by atoms with E-state index < -0.39 is 0 Å². The van der Waals surface area contributed by atoms with Crippen LogP contribution in [0.3, 0.4) is 0 Å². The number of anilines is 1. The Morgan fingerprint density at radius 1 is 1.20 bits per heavy atom. The molecule has 1 N–H and O–H groups in total. The van der Waals surface area contributed by atoms with Gasteiger partial charge in [0.15, 0.2) is 0 Å². The maximum atomic E-state index is 5.56. The number of aryl methyl sites for hydroxylation is 1. The van der Waals surface area contributed by atoms with Crippen LogP contribution in [0.25, 0.3) is 0 Å². The summed E-state index contributed by atoms with van der Waals surface area (Å²) in [5.74, 6) is 0. The average molecular weight is 276 g/mol. The van der Waals surface area contributed by atoms with E-state index in [0.717, 1.165) is 45.7 Å². The van der Waals surface area contributed by atoms with Gasteiger partial charge in [-0.25, -0.2) is 0 Å². The largest absolute Gasteiger partial charge is 0.381 e. The van der Waals surface area contributed by atoms with Gasteiger partial charge in [-0.3, -0.25) is 0 Å². The van der Waals surface area contributed by atoms with Crippen LogP contribution in [0.1, 0.15) is 25.3 Å². The SMILES string of the molecule is CCNCC1(CN(C)c2ccc(C)cc2)CCOCC1. The lowest BCUT2D eigenvalue weighted by atomic mass is 9.79. The lowest BCUT2D eigenvalue weighted by Gasteiger charge is -2.41. The van der Waals surface area contributed by atoms with Gasteiger partial charge in [0.1, 0.15) is 0 Å². The first-order chi connectivity index (χ1) is 9.65. The molecule has 1 aromatic carbocycles. The summed E-state index contributed by atoms with van der Waals surface area (Å²) in [5.41, 5.74) is 2.96. The van der Waals surface area contributed by atoms with E-state index in [1.54, 1.807) is 0 Å². The molecule has 20 heavy (non-hydrogen) atoms. The van der Waals surface area contributed by atoms with Crippen molar-refractivity contribution in [1.82, 2.24) is 5.32 Å². The lowest BCUT2D eigenvalue weighted by Crippen LogP contribution is -2.46. The van der Waals surface area contributed by atoms with Gasteiger partial charge in [0.25, 0.3) is 0 Å². The molecule has 2 rings (SSSR count). The highest BCUT2D eigenvalue weighted by atomic mass is 16.5. The molecule has 0 radical (unpaired) electrons. The third-order valence-electron chi connectivity index (χ3n) is 4.35. The van der Waals surface area contributed by atoms with Crippen LogP contribution in [0.15, 0.2) is 24.3 Å². The molecular formula is C17H28N2O. The average Bonchev–Trinajstić information content (AvgIpc) is 2.47. The molecule has 112 valence electrons. The standard InChI is InChI=1S/C17H28N2O/c1-4-18-13-17(9-11-20-12-10-17)14-19(3)16-7-5-15(2)6-8-16/h5-8,18H,4,9-14H2,1-3H3. The number of nitrogens with zero attached hydrogens (tertiary/aromatic N) is 1. The van der Waals surface area contributed by atoms with Gasteiger partial charge >= 0.3 is 0 Å². The van der Waals surface area contributed by atoms with Crippen molar-refractivity contribution < 1.29 is 4.74 Å². The molecule has 0 amide bonds. The first kappa shape index (κ1) is 15.3. The van der Waals surface area contributed by atoms with Crippen LogP contribution in [0, 0.1) is 12.3 Å². The Balaban J connectivity index is 2.04. The second-order valence-electron chi connectivity index (χ2n) is 6.08. The van der Waals surface area contributed by atoms with E-state index in [9.17, 15) is 0 Å². The van der Waals surface area contributed by atoms with Crippen molar-refractivity contribution in [2.45, 2.75) is 26.7 Å². The minimum Gasteiger partial charge on any atom is -0.381 e. The highest BCUT2D eigenvalue weighted by Gasteiger charge is 2.33. The Morgan fingerprint density at radius 2 is 1.85 bits per heavy atom. The molecule has 1 aliphatic rings. The van der Waals surface area contributed by atoms with Crippen molar-refractivity contribution in [3.8, 4) is 0 Å². The lowest BCUT2D eigenvalue weighted by molar-refractivity contribution is 0.0190. The summed E-state index contributed by atoms with van der Waals surface area (Å²) in [7, 11) is 2.20. The number of hydrogen-bond donors (Lipinski definition) is 1. The Labute approximate surface area is 123 Å². The van der Waals surface area contributed by atoms with Gasteiger partial charge < -0.3 is 15.0 Å². The molecule has 0 aliphatic carbocycles. The molecule has 0 saturated carbocycles.